The van der Waals surface area contributed by atoms with E-state index in [0.717, 1.165) is 7.11 Å². The van der Waals surface area contributed by atoms with Gasteiger partial charge in [0.1, 0.15) is 0 Å². The maximum Gasteiger partial charge on any atom is 0.0351 e. The van der Waals surface area contributed by atoms with Gasteiger partial charge < -0.3 is 9.84 Å². The van der Waals surface area contributed by atoms with Crippen LogP contribution in [0.2, 0.25) is 0 Å². The lowest BCUT2D eigenvalue weighted by atomic mass is 9.82. The number of ether oxygens (including phenoxy) is 1. The molecule has 3 heteroatoms. The molecular weight excluding hydrogens is 1610 g/mol. The quantitative estimate of drug-likeness (QED) is 0.0727. The molecule has 0 radical (unpaired) electrons. The first-order chi connectivity index (χ1) is 61.7. The predicted octanol–water partition coefficient (Wildman–Crippen LogP) is 39.4. The maximum absolute atomic E-state index is 7.00. The number of methoxy groups -OCH3 is 1. The highest BCUT2D eigenvalue weighted by atomic mass is 79.9. The molecule has 13 aromatic rings. The fraction of sp³-hybridized carbons (Fsp3) is 0.408. The zero-order valence-electron chi connectivity index (χ0n) is 85.9. The standard InChI is InChI=1S/C16H18.2C14H16.C14H22.C11H16.5C10H14.C2H6O.C2H6.CH3Br.CH4O/c1-3-13(2)14-9-11-16(12-10-14)15-7-5-4-6-8-15;1-3-11(2)13-10-6-8-12-7-4-5-9-14(12)13;1-3-11(2)13-9-8-12-6-4-5-7-14(12)10-13;1-6-11(2)12-7-9-13(10-8-12)14(3,4)5;1-4-11(2,3)10-8-6-5-7-9-10;5*1-3-9(2)10-7-5-4-6-8-10;1-3-2;3*1-2/h4-13H,3H2,1-2H3;2*4-11H,3H2,1-2H3;7-11H,6H2,1-5H3;5-9H,4H2,1-3H3;5*4-9H,3H2,1-2H3;1-2H3;1-2H3;1H3;2H,1H3. The largest absolute Gasteiger partial charge is 0.400 e. The van der Waals surface area contributed by atoms with Gasteiger partial charge in [-0.15, -0.1) is 0 Å². The summed E-state index contributed by atoms with van der Waals surface area (Å²) in [5.41, 5.74) is 19.1. The van der Waals surface area contributed by atoms with Gasteiger partial charge >= 0.3 is 0 Å². The van der Waals surface area contributed by atoms with Crippen molar-refractivity contribution in [2.24, 2.45) is 0 Å². The molecule has 0 fully saturated rings. The van der Waals surface area contributed by atoms with E-state index >= 15 is 0 Å². The number of fused-ring (bicyclic) bond motifs is 2. The number of aliphatic hydroxyl groups excluding tert-OH is 1. The van der Waals surface area contributed by atoms with Crippen LogP contribution >= 0.6 is 15.9 Å². The Balaban J connectivity index is 0.00000139. The molecule has 13 aromatic carbocycles. The van der Waals surface area contributed by atoms with Crippen LogP contribution in [0.3, 0.4) is 0 Å². The number of aliphatic hydroxyl groups is 1. The Hall–Kier alpha value is -9.22. The third-order valence-corrected chi connectivity index (χ3v) is 24.4. The normalized spacial score (nSPS) is 12.3. The molecule has 0 aliphatic carbocycles. The molecule has 0 bridgehead atoms. The van der Waals surface area contributed by atoms with Gasteiger partial charge in [0.15, 0.2) is 0 Å². The monoisotopic (exact) mass is 1790 g/mol. The summed E-state index contributed by atoms with van der Waals surface area (Å²) in [6.07, 6.45) is 12.1. The molecule has 128 heavy (non-hydrogen) atoms. The second-order valence-electron chi connectivity index (χ2n) is 34.9. The second kappa shape index (κ2) is 72.6. The molecule has 0 amide bonds. The molecule has 0 heterocycles. The molecule has 9 unspecified atom stereocenters. The molecule has 9 atom stereocenters. The molecule has 0 saturated heterocycles. The molecule has 0 saturated carbocycles. The van der Waals surface area contributed by atoms with Crippen molar-refractivity contribution in [3.63, 3.8) is 0 Å². The minimum Gasteiger partial charge on any atom is -0.400 e. The Kier molecular flexibility index (Phi) is 67.3. The average Bonchev–Trinajstić information content (AvgIpc) is 0.827. The van der Waals surface area contributed by atoms with Gasteiger partial charge in [-0.05, 0) is 228 Å². The predicted molar refractivity (Wildman–Crippen MR) is 583 cm³/mol. The van der Waals surface area contributed by atoms with Crippen molar-refractivity contribution in [1.29, 1.82) is 0 Å². The molecule has 696 valence electrons. The van der Waals surface area contributed by atoms with Crippen LogP contribution < -0.4 is 0 Å². The van der Waals surface area contributed by atoms with E-state index in [0.29, 0.717) is 58.7 Å². The van der Waals surface area contributed by atoms with Crippen LogP contribution in [0.4, 0.5) is 0 Å². The van der Waals surface area contributed by atoms with Crippen molar-refractivity contribution in [1.82, 2.24) is 0 Å². The van der Waals surface area contributed by atoms with Crippen molar-refractivity contribution in [3.05, 3.63) is 407 Å². The lowest BCUT2D eigenvalue weighted by Crippen LogP contribution is -2.14. The Bertz CT molecular complexity index is 4380. The minimum atomic E-state index is 0.272. The van der Waals surface area contributed by atoms with E-state index in [4.69, 9.17) is 5.11 Å². The van der Waals surface area contributed by atoms with Crippen molar-refractivity contribution in [3.8, 4) is 11.1 Å². The third kappa shape index (κ3) is 47.9. The van der Waals surface area contributed by atoms with Crippen LogP contribution in [0, 0.1) is 0 Å². The average molecular weight is 1790 g/mol. The highest BCUT2D eigenvalue weighted by Gasteiger charge is 2.17. The van der Waals surface area contributed by atoms with Crippen LogP contribution in [0.1, 0.15) is 359 Å². The van der Waals surface area contributed by atoms with E-state index in [1.807, 2.05) is 19.7 Å². The second-order valence-corrected chi connectivity index (χ2v) is 34.9. The molecule has 2 nitrogen and oxygen atoms in total. The fourth-order valence-corrected chi connectivity index (χ4v) is 13.2. The van der Waals surface area contributed by atoms with Gasteiger partial charge in [0.05, 0.1) is 0 Å². The van der Waals surface area contributed by atoms with E-state index in [9.17, 15) is 0 Å². The SMILES string of the molecule is CBr.CC.CCC(C)(C)c1ccccc1.CCC(C)c1ccc(-c2ccccc2)cc1.CCC(C)c1ccc(C(C)(C)C)cc1.CCC(C)c1ccc2ccccc2c1.CCC(C)c1cccc2ccccc12.CCC(C)c1ccccc1.CCC(C)c1ccccc1.CCC(C)c1ccccc1.CCC(C)c1ccccc1.CCC(C)c1ccccc1.CO.COC. The Morgan fingerprint density at radius 3 is 0.781 bits per heavy atom. The van der Waals surface area contributed by atoms with Gasteiger partial charge in [0, 0.05) is 21.3 Å². The summed E-state index contributed by atoms with van der Waals surface area (Å²) in [6, 6.07) is 123. The first kappa shape index (κ1) is 119. The zero-order chi connectivity index (χ0) is 96.1. The summed E-state index contributed by atoms with van der Waals surface area (Å²) in [5, 5.41) is 12.4. The van der Waals surface area contributed by atoms with E-state index in [1.165, 1.54) is 158 Å². The molecular formula is C125H177BrO2. The number of hydrogen-bond acceptors (Lipinski definition) is 2. The summed E-state index contributed by atoms with van der Waals surface area (Å²) >= 11 is 2.94. The Morgan fingerprint density at radius 2 is 0.477 bits per heavy atom. The van der Waals surface area contributed by atoms with Crippen molar-refractivity contribution >= 4 is 37.5 Å². The summed E-state index contributed by atoms with van der Waals surface area (Å²) in [5.74, 6) is 8.02. The number of hydrogen-bond donors (Lipinski definition) is 1. The van der Waals surface area contributed by atoms with Gasteiger partial charge in [-0.3, -0.25) is 0 Å². The topological polar surface area (TPSA) is 29.5 Å². The van der Waals surface area contributed by atoms with Crippen LogP contribution in [0.25, 0.3) is 32.7 Å². The van der Waals surface area contributed by atoms with Crippen LogP contribution in [0.15, 0.2) is 346 Å². The van der Waals surface area contributed by atoms with Crippen molar-refractivity contribution < 1.29 is 9.84 Å². The first-order valence-electron chi connectivity index (χ1n) is 48.4. The minimum absolute atomic E-state index is 0.272. The van der Waals surface area contributed by atoms with Crippen LogP contribution in [-0.2, 0) is 15.6 Å². The number of halogens is 1. The zero-order valence-corrected chi connectivity index (χ0v) is 87.5. The van der Waals surface area contributed by atoms with Crippen LogP contribution in [-0.4, -0.2) is 32.3 Å². The lowest BCUT2D eigenvalue weighted by molar-refractivity contribution is 0.277. The number of alkyl halides is 1. The lowest BCUT2D eigenvalue weighted by Gasteiger charge is -2.22. The molecule has 0 aliphatic rings. The van der Waals surface area contributed by atoms with E-state index in [2.05, 4.69) is 533 Å². The molecule has 0 aromatic heterocycles. The summed E-state index contributed by atoms with van der Waals surface area (Å²) in [6.45, 7) is 58.0. The highest BCUT2D eigenvalue weighted by molar-refractivity contribution is 9.08. The number of rotatable bonds is 21. The van der Waals surface area contributed by atoms with Gasteiger partial charge in [0.25, 0.3) is 0 Å². The fourth-order valence-electron chi connectivity index (χ4n) is 13.2. The summed E-state index contributed by atoms with van der Waals surface area (Å²) in [4.78, 5) is 0. The summed E-state index contributed by atoms with van der Waals surface area (Å²) < 4.78 is 4.25. The van der Waals surface area contributed by atoms with Crippen molar-refractivity contribution in [2.75, 3.05) is 27.2 Å². The molecule has 0 spiro atoms. The molecule has 13 rings (SSSR count). The van der Waals surface area contributed by atoms with Gasteiger partial charge in [0.2, 0.25) is 0 Å². The van der Waals surface area contributed by atoms with E-state index in [1.54, 1.807) is 14.2 Å². The molecule has 0 aliphatic heterocycles. The highest BCUT2D eigenvalue weighted by Crippen LogP contribution is 2.32. The van der Waals surface area contributed by atoms with Gasteiger partial charge in [-0.2, -0.15) is 0 Å². The smallest absolute Gasteiger partial charge is 0.0351 e. The Labute approximate surface area is 795 Å². The maximum atomic E-state index is 7.00. The third-order valence-electron chi connectivity index (χ3n) is 24.4. The van der Waals surface area contributed by atoms with E-state index in [-0.39, 0.29) is 5.41 Å². The van der Waals surface area contributed by atoms with Crippen molar-refractivity contribution in [2.45, 2.75) is 308 Å². The first-order valence-corrected chi connectivity index (χ1v) is 50.0. The molecule has 1 N–H and O–H groups in total. The van der Waals surface area contributed by atoms with Gasteiger partial charge in [-0.25, -0.2) is 0 Å². The van der Waals surface area contributed by atoms with Crippen LogP contribution in [0.5, 0.6) is 0 Å². The van der Waals surface area contributed by atoms with E-state index < -0.39 is 0 Å². The Morgan fingerprint density at radius 1 is 0.242 bits per heavy atom. The van der Waals surface area contributed by atoms with Gasteiger partial charge in [-0.1, -0.05) is 542 Å². The summed E-state index contributed by atoms with van der Waals surface area (Å²) in [7, 11) is 4.25. The number of benzene rings is 13.